The minimum Gasteiger partial charge on any atom is -0.505 e. The Morgan fingerprint density at radius 3 is 2.61 bits per heavy atom. The third-order valence-corrected chi connectivity index (χ3v) is 3.50. The van der Waals surface area contributed by atoms with Gasteiger partial charge in [0.25, 0.3) is 0 Å². The van der Waals surface area contributed by atoms with Gasteiger partial charge in [-0.05, 0) is 24.3 Å². The lowest BCUT2D eigenvalue weighted by Crippen LogP contribution is -2.26. The summed E-state index contributed by atoms with van der Waals surface area (Å²) in [4.78, 5) is 12.0. The summed E-state index contributed by atoms with van der Waals surface area (Å²) in [7, 11) is 1.26. The summed E-state index contributed by atoms with van der Waals surface area (Å²) >= 11 is 0. The van der Waals surface area contributed by atoms with Crippen molar-refractivity contribution in [2.45, 2.75) is 0 Å². The summed E-state index contributed by atoms with van der Waals surface area (Å²) in [6, 6.07) is 12.8. The Balaban J connectivity index is 2.38. The molecule has 0 spiro atoms. The van der Waals surface area contributed by atoms with E-state index in [9.17, 15) is 9.90 Å². The highest BCUT2D eigenvalue weighted by atomic mass is 16.5. The Kier molecular flexibility index (Phi) is 3.76. The van der Waals surface area contributed by atoms with Gasteiger partial charge < -0.3 is 18.8 Å². The van der Waals surface area contributed by atoms with E-state index in [1.54, 1.807) is 22.8 Å². The van der Waals surface area contributed by atoms with Gasteiger partial charge in [-0.1, -0.05) is 24.8 Å². The Morgan fingerprint density at radius 1 is 1.26 bits per heavy atom. The van der Waals surface area contributed by atoms with Gasteiger partial charge in [0, 0.05) is 11.8 Å². The third kappa shape index (κ3) is 2.53. The number of hydrogen-bond acceptors (Lipinski definition) is 4. The summed E-state index contributed by atoms with van der Waals surface area (Å²) in [5.74, 6) is -0.287. The van der Waals surface area contributed by atoms with Crippen molar-refractivity contribution in [3.8, 4) is 11.4 Å². The van der Waals surface area contributed by atoms with E-state index in [-0.39, 0.29) is 11.3 Å². The minimum atomic E-state index is -0.642. The molecular formula is C18H15NO4. The van der Waals surface area contributed by atoms with Crippen LogP contribution in [0.4, 0.5) is 0 Å². The van der Waals surface area contributed by atoms with Gasteiger partial charge in [0.1, 0.15) is 11.3 Å². The molecule has 2 heterocycles. The highest BCUT2D eigenvalue weighted by Gasteiger charge is 2.20. The molecule has 0 amide bonds. The fraction of sp³-hybridized carbons (Fsp3) is 0.0556. The molecule has 2 aromatic heterocycles. The van der Waals surface area contributed by atoms with Crippen LogP contribution in [0.2, 0.25) is 0 Å². The van der Waals surface area contributed by atoms with E-state index in [2.05, 4.69) is 6.58 Å². The maximum atomic E-state index is 12.0. The van der Waals surface area contributed by atoms with Crippen LogP contribution in [-0.2, 0) is 4.74 Å². The van der Waals surface area contributed by atoms with E-state index in [1.807, 2.05) is 30.3 Å². The molecule has 0 saturated heterocycles. The number of ether oxygens (including phenoxy) is 1. The van der Waals surface area contributed by atoms with Crippen LogP contribution >= 0.6 is 0 Å². The molecule has 116 valence electrons. The lowest BCUT2D eigenvalue weighted by molar-refractivity contribution is 0.0596. The summed E-state index contributed by atoms with van der Waals surface area (Å²) < 4.78 is 11.7. The number of para-hydroxylation sites is 1. The lowest BCUT2D eigenvalue weighted by Gasteiger charge is -2.04. The molecule has 0 aliphatic rings. The number of furan rings is 1. The molecule has 0 radical (unpaired) electrons. The minimum absolute atomic E-state index is 0.0363. The van der Waals surface area contributed by atoms with Gasteiger partial charge in [-0.25, -0.2) is 4.79 Å². The maximum absolute atomic E-state index is 12.0. The van der Waals surface area contributed by atoms with Crippen LogP contribution in [0.5, 0.6) is 5.75 Å². The molecule has 1 aromatic carbocycles. The number of esters is 1. The first-order valence-electron chi connectivity index (χ1n) is 6.95. The van der Waals surface area contributed by atoms with E-state index in [0.717, 1.165) is 5.69 Å². The highest BCUT2D eigenvalue weighted by molar-refractivity contribution is 5.93. The van der Waals surface area contributed by atoms with E-state index in [1.165, 1.54) is 13.4 Å². The number of nitrogens with zero attached hydrogens (tertiary/aromatic N) is 1. The van der Waals surface area contributed by atoms with Crippen molar-refractivity contribution in [1.82, 2.24) is 4.57 Å². The summed E-state index contributed by atoms with van der Waals surface area (Å²) in [6.45, 7) is 3.93. The van der Waals surface area contributed by atoms with Crippen molar-refractivity contribution in [3.05, 3.63) is 70.7 Å². The van der Waals surface area contributed by atoms with Crippen LogP contribution in [0.1, 0.15) is 16.1 Å². The van der Waals surface area contributed by atoms with Crippen LogP contribution in [0.25, 0.3) is 18.3 Å². The Labute approximate surface area is 132 Å². The van der Waals surface area contributed by atoms with Crippen LogP contribution < -0.4 is 10.7 Å². The second-order valence-corrected chi connectivity index (χ2v) is 4.88. The zero-order valence-corrected chi connectivity index (χ0v) is 12.5. The first-order chi connectivity index (χ1) is 11.1. The standard InChI is InChI=1S/C18H15NO4/c1-12-16(18(21)22-2)17(20)15(11-14-9-6-10-23-14)19(12)13-7-4-3-5-8-13/h3-11,20H,1H2,2H3/b15-11+. The van der Waals surface area contributed by atoms with Crippen LogP contribution in [0.3, 0.4) is 0 Å². The first kappa shape index (κ1) is 14.7. The molecule has 5 nitrogen and oxygen atoms in total. The maximum Gasteiger partial charge on any atom is 0.343 e. The summed E-state index contributed by atoms with van der Waals surface area (Å²) in [5.41, 5.74) is 0.801. The number of carbonyl (C=O) groups excluding carboxylic acids is 1. The normalized spacial score (nSPS) is 11.6. The van der Waals surface area contributed by atoms with Crippen molar-refractivity contribution >= 4 is 18.6 Å². The predicted octanol–water partition coefficient (Wildman–Crippen LogP) is 1.80. The zero-order chi connectivity index (χ0) is 16.4. The Bertz CT molecular complexity index is 937. The average Bonchev–Trinajstić information content (AvgIpc) is 3.15. The Hall–Kier alpha value is -3.21. The van der Waals surface area contributed by atoms with E-state index in [0.29, 0.717) is 16.5 Å². The topological polar surface area (TPSA) is 64.6 Å². The van der Waals surface area contributed by atoms with Gasteiger partial charge in [0.2, 0.25) is 0 Å². The number of hydrogen-bond donors (Lipinski definition) is 1. The Morgan fingerprint density at radius 2 is 2.00 bits per heavy atom. The predicted molar refractivity (Wildman–Crippen MR) is 85.8 cm³/mol. The molecule has 5 heteroatoms. The third-order valence-electron chi connectivity index (χ3n) is 3.50. The number of aromatic hydroxyl groups is 1. The fourth-order valence-corrected chi connectivity index (χ4v) is 2.46. The molecule has 0 atom stereocenters. The monoisotopic (exact) mass is 309 g/mol. The van der Waals surface area contributed by atoms with E-state index >= 15 is 0 Å². The average molecular weight is 309 g/mol. The van der Waals surface area contributed by atoms with Crippen molar-refractivity contribution < 1.29 is 19.1 Å². The molecule has 0 aliphatic heterocycles. The molecule has 0 aliphatic carbocycles. The quantitative estimate of drug-likeness (QED) is 0.749. The van der Waals surface area contributed by atoms with Gasteiger partial charge in [0.15, 0.2) is 5.75 Å². The molecule has 0 bridgehead atoms. The first-order valence-corrected chi connectivity index (χ1v) is 6.95. The molecule has 3 rings (SSSR count). The van der Waals surface area contributed by atoms with Gasteiger partial charge in [-0.2, -0.15) is 0 Å². The van der Waals surface area contributed by atoms with Crippen molar-refractivity contribution in [2.75, 3.05) is 7.11 Å². The van der Waals surface area contributed by atoms with Gasteiger partial charge in [-0.3, -0.25) is 0 Å². The van der Waals surface area contributed by atoms with E-state index in [4.69, 9.17) is 9.15 Å². The highest BCUT2D eigenvalue weighted by Crippen LogP contribution is 2.14. The number of aromatic nitrogens is 1. The van der Waals surface area contributed by atoms with Crippen molar-refractivity contribution in [2.24, 2.45) is 0 Å². The van der Waals surface area contributed by atoms with Gasteiger partial charge in [0.05, 0.1) is 24.1 Å². The van der Waals surface area contributed by atoms with Gasteiger partial charge >= 0.3 is 5.97 Å². The molecule has 1 N–H and O–H groups in total. The van der Waals surface area contributed by atoms with Gasteiger partial charge in [-0.15, -0.1) is 0 Å². The summed E-state index contributed by atoms with van der Waals surface area (Å²) in [6.07, 6.45) is 3.18. The molecule has 23 heavy (non-hydrogen) atoms. The molecular weight excluding hydrogens is 294 g/mol. The van der Waals surface area contributed by atoms with Crippen molar-refractivity contribution in [3.63, 3.8) is 0 Å². The lowest BCUT2D eigenvalue weighted by atomic mass is 10.2. The van der Waals surface area contributed by atoms with Crippen molar-refractivity contribution in [1.29, 1.82) is 0 Å². The molecule has 3 aromatic rings. The second kappa shape index (κ2) is 5.88. The number of methoxy groups -OCH3 is 1. The number of benzene rings is 1. The molecule has 0 unspecified atom stereocenters. The summed E-state index contributed by atoms with van der Waals surface area (Å²) in [5, 5.41) is 11.3. The SMILES string of the molecule is C=c1c(C(=O)OC)c(O)/c(=C\c2ccco2)n1-c1ccccc1. The number of carbonyl (C=O) groups is 1. The number of rotatable bonds is 3. The zero-order valence-electron chi connectivity index (χ0n) is 12.5. The van der Waals surface area contributed by atoms with E-state index < -0.39 is 5.97 Å². The van der Waals surface area contributed by atoms with Crippen LogP contribution in [-0.4, -0.2) is 22.8 Å². The van der Waals surface area contributed by atoms with Crippen LogP contribution in [0, 0.1) is 0 Å². The smallest absolute Gasteiger partial charge is 0.343 e. The molecule has 0 saturated carbocycles. The largest absolute Gasteiger partial charge is 0.505 e. The van der Waals surface area contributed by atoms with Crippen LogP contribution in [0.15, 0.2) is 53.1 Å². The fourth-order valence-electron chi connectivity index (χ4n) is 2.46. The second-order valence-electron chi connectivity index (χ2n) is 4.88. The molecule has 0 fully saturated rings.